The van der Waals surface area contributed by atoms with E-state index in [0.717, 1.165) is 13.1 Å². The van der Waals surface area contributed by atoms with Gasteiger partial charge in [-0.25, -0.2) is 0 Å². The summed E-state index contributed by atoms with van der Waals surface area (Å²) < 4.78 is 1.18. The monoisotopic (exact) mass is 296 g/mol. The summed E-state index contributed by atoms with van der Waals surface area (Å²) in [4.78, 5) is 2.56. The Morgan fingerprint density at radius 2 is 2.35 bits per heavy atom. The first kappa shape index (κ1) is 13.1. The topological polar surface area (TPSA) is 15.3 Å². The van der Waals surface area contributed by atoms with E-state index in [-0.39, 0.29) is 0 Å². The number of halogens is 1. The Morgan fingerprint density at radius 3 is 3.06 bits per heavy atom. The van der Waals surface area contributed by atoms with Crippen LogP contribution in [0, 0.1) is 0 Å². The van der Waals surface area contributed by atoms with Gasteiger partial charge in [-0.3, -0.25) is 4.90 Å². The van der Waals surface area contributed by atoms with Crippen molar-refractivity contribution in [1.82, 2.24) is 10.2 Å². The molecule has 0 bridgehead atoms. The van der Waals surface area contributed by atoms with E-state index in [1.807, 2.05) is 0 Å². The number of nitrogens with one attached hydrogen (secondary N) is 1. The van der Waals surface area contributed by atoms with E-state index in [9.17, 15) is 0 Å². The molecular formula is C14H21BrN2. The van der Waals surface area contributed by atoms with E-state index in [2.05, 4.69) is 64.3 Å². The second-order valence-corrected chi connectivity index (χ2v) is 5.99. The molecule has 0 saturated carbocycles. The van der Waals surface area contributed by atoms with Crippen LogP contribution in [0.5, 0.6) is 0 Å². The van der Waals surface area contributed by atoms with Crippen LogP contribution >= 0.6 is 15.9 Å². The molecule has 94 valence electrons. The minimum absolute atomic E-state index is 0.595. The van der Waals surface area contributed by atoms with E-state index >= 15 is 0 Å². The lowest BCUT2D eigenvalue weighted by molar-refractivity contribution is 0.199. The van der Waals surface area contributed by atoms with Gasteiger partial charge < -0.3 is 5.32 Å². The fraction of sp³-hybridized carbons (Fsp3) is 0.571. The second-order valence-electron chi connectivity index (χ2n) is 5.07. The highest BCUT2D eigenvalue weighted by Gasteiger charge is 2.18. The second kappa shape index (κ2) is 5.98. The lowest BCUT2D eigenvalue weighted by Gasteiger charge is -2.33. The van der Waals surface area contributed by atoms with Gasteiger partial charge in [-0.15, -0.1) is 0 Å². The van der Waals surface area contributed by atoms with Gasteiger partial charge in [-0.1, -0.05) is 35.0 Å². The molecule has 0 spiro atoms. The highest BCUT2D eigenvalue weighted by atomic mass is 79.9. The standard InChI is InChI=1S/C14H21BrN2/c1-11(13-4-3-5-14(15)8-13)9-17-7-6-16-12(2)10-17/h3-5,8,11-12,16H,6-7,9-10H2,1-2H3. The van der Waals surface area contributed by atoms with E-state index in [4.69, 9.17) is 0 Å². The average molecular weight is 297 g/mol. The fourth-order valence-electron chi connectivity index (χ4n) is 2.48. The molecule has 2 atom stereocenters. The van der Waals surface area contributed by atoms with Gasteiger partial charge in [0.25, 0.3) is 0 Å². The first-order valence-corrected chi connectivity index (χ1v) is 7.15. The van der Waals surface area contributed by atoms with Gasteiger partial charge >= 0.3 is 0 Å². The Balaban J connectivity index is 1.94. The van der Waals surface area contributed by atoms with Gasteiger partial charge in [0, 0.05) is 36.7 Å². The number of hydrogen-bond donors (Lipinski definition) is 1. The van der Waals surface area contributed by atoms with E-state index in [1.54, 1.807) is 0 Å². The summed E-state index contributed by atoms with van der Waals surface area (Å²) in [5.74, 6) is 0.595. The van der Waals surface area contributed by atoms with Crippen molar-refractivity contribution in [2.75, 3.05) is 26.2 Å². The lowest BCUT2D eigenvalue weighted by Crippen LogP contribution is -2.49. The molecule has 1 heterocycles. The zero-order chi connectivity index (χ0) is 12.3. The molecule has 1 saturated heterocycles. The summed E-state index contributed by atoms with van der Waals surface area (Å²) in [6, 6.07) is 9.29. The van der Waals surface area contributed by atoms with Crippen molar-refractivity contribution < 1.29 is 0 Å². The molecule has 1 N–H and O–H groups in total. The largest absolute Gasteiger partial charge is 0.312 e. The molecule has 2 unspecified atom stereocenters. The molecule has 0 aliphatic carbocycles. The molecule has 0 amide bonds. The smallest absolute Gasteiger partial charge is 0.0178 e. The van der Waals surface area contributed by atoms with E-state index < -0.39 is 0 Å². The first-order valence-electron chi connectivity index (χ1n) is 6.36. The van der Waals surface area contributed by atoms with Crippen molar-refractivity contribution >= 4 is 15.9 Å². The Morgan fingerprint density at radius 1 is 1.53 bits per heavy atom. The summed E-state index contributed by atoms with van der Waals surface area (Å²) >= 11 is 3.54. The molecule has 1 aliphatic rings. The van der Waals surface area contributed by atoms with Crippen molar-refractivity contribution in [3.05, 3.63) is 34.3 Å². The number of nitrogens with zero attached hydrogens (tertiary/aromatic N) is 1. The van der Waals surface area contributed by atoms with Gasteiger partial charge in [0.15, 0.2) is 0 Å². The normalized spacial score (nSPS) is 23.6. The molecule has 2 rings (SSSR count). The molecule has 3 heteroatoms. The van der Waals surface area contributed by atoms with E-state index in [1.165, 1.54) is 23.1 Å². The summed E-state index contributed by atoms with van der Waals surface area (Å²) in [5.41, 5.74) is 1.42. The number of hydrogen-bond acceptors (Lipinski definition) is 2. The predicted molar refractivity (Wildman–Crippen MR) is 76.5 cm³/mol. The molecule has 0 aromatic heterocycles. The highest BCUT2D eigenvalue weighted by Crippen LogP contribution is 2.21. The highest BCUT2D eigenvalue weighted by molar-refractivity contribution is 9.10. The lowest BCUT2D eigenvalue weighted by atomic mass is 10.0. The first-order chi connectivity index (χ1) is 8.15. The Hall–Kier alpha value is -0.380. The van der Waals surface area contributed by atoms with E-state index in [0.29, 0.717) is 12.0 Å². The van der Waals surface area contributed by atoms with Crippen LogP contribution in [0.3, 0.4) is 0 Å². The molecule has 1 fully saturated rings. The van der Waals surface area contributed by atoms with Crippen LogP contribution in [0.1, 0.15) is 25.3 Å². The van der Waals surface area contributed by atoms with Crippen LogP contribution in [0.15, 0.2) is 28.7 Å². The maximum atomic E-state index is 3.54. The van der Waals surface area contributed by atoms with Crippen LogP contribution in [0.4, 0.5) is 0 Å². The zero-order valence-electron chi connectivity index (χ0n) is 10.6. The van der Waals surface area contributed by atoms with Crippen molar-refractivity contribution in [1.29, 1.82) is 0 Å². The third kappa shape index (κ3) is 3.80. The molecule has 1 aliphatic heterocycles. The van der Waals surface area contributed by atoms with Crippen molar-refractivity contribution in [2.45, 2.75) is 25.8 Å². The van der Waals surface area contributed by atoms with Gasteiger partial charge in [0.05, 0.1) is 0 Å². The molecular weight excluding hydrogens is 276 g/mol. The summed E-state index contributed by atoms with van der Waals surface area (Å²) in [7, 11) is 0. The maximum absolute atomic E-state index is 3.54. The molecule has 1 aromatic carbocycles. The Bertz CT molecular complexity index is 367. The quantitative estimate of drug-likeness (QED) is 0.923. The average Bonchev–Trinajstić information content (AvgIpc) is 2.29. The van der Waals surface area contributed by atoms with Crippen LogP contribution < -0.4 is 5.32 Å². The molecule has 2 nitrogen and oxygen atoms in total. The summed E-state index contributed by atoms with van der Waals surface area (Å²) in [6.45, 7) is 9.18. The van der Waals surface area contributed by atoms with Gasteiger partial charge in [0.2, 0.25) is 0 Å². The minimum Gasteiger partial charge on any atom is -0.312 e. The minimum atomic E-state index is 0.595. The van der Waals surface area contributed by atoms with Crippen molar-refractivity contribution in [3.63, 3.8) is 0 Å². The number of piperazine rings is 1. The third-order valence-electron chi connectivity index (χ3n) is 3.40. The predicted octanol–water partition coefficient (Wildman–Crippen LogP) is 2.85. The molecule has 0 radical (unpaired) electrons. The SMILES string of the molecule is CC1CN(CC(C)c2cccc(Br)c2)CCN1. The van der Waals surface area contributed by atoms with Crippen molar-refractivity contribution in [3.8, 4) is 0 Å². The van der Waals surface area contributed by atoms with Crippen LogP contribution in [-0.4, -0.2) is 37.1 Å². The van der Waals surface area contributed by atoms with Crippen LogP contribution in [-0.2, 0) is 0 Å². The Kier molecular flexibility index (Phi) is 4.60. The zero-order valence-corrected chi connectivity index (χ0v) is 12.2. The van der Waals surface area contributed by atoms with Gasteiger partial charge in [0.1, 0.15) is 0 Å². The van der Waals surface area contributed by atoms with Gasteiger partial charge in [-0.05, 0) is 30.5 Å². The fourth-order valence-corrected chi connectivity index (χ4v) is 2.90. The summed E-state index contributed by atoms with van der Waals surface area (Å²) in [5, 5.41) is 3.48. The third-order valence-corrected chi connectivity index (χ3v) is 3.90. The van der Waals surface area contributed by atoms with Gasteiger partial charge in [-0.2, -0.15) is 0 Å². The van der Waals surface area contributed by atoms with Crippen molar-refractivity contribution in [2.24, 2.45) is 0 Å². The Labute approximate surface area is 113 Å². The molecule has 1 aromatic rings. The van der Waals surface area contributed by atoms with Crippen LogP contribution in [0.2, 0.25) is 0 Å². The number of benzene rings is 1. The number of rotatable bonds is 3. The van der Waals surface area contributed by atoms with Crippen LogP contribution in [0.25, 0.3) is 0 Å². The summed E-state index contributed by atoms with van der Waals surface area (Å²) in [6.07, 6.45) is 0. The molecule has 17 heavy (non-hydrogen) atoms. The maximum Gasteiger partial charge on any atom is 0.0178 e.